The van der Waals surface area contributed by atoms with Gasteiger partial charge in [-0.05, 0) is 49.3 Å². The number of carbonyl (C=O) groups is 1. The minimum absolute atomic E-state index is 0.131. The zero-order chi connectivity index (χ0) is 15.6. The Morgan fingerprint density at radius 3 is 2.67 bits per heavy atom. The number of amides is 1. The number of thiocarbonyl (C=S) groups is 1. The van der Waals surface area contributed by atoms with Crippen molar-refractivity contribution in [3.05, 3.63) is 40.6 Å². The first kappa shape index (κ1) is 15.3. The Hall–Kier alpha value is -2.08. The second-order valence-electron chi connectivity index (χ2n) is 4.88. The lowest BCUT2D eigenvalue weighted by atomic mass is 9.94. The van der Waals surface area contributed by atoms with Crippen molar-refractivity contribution in [2.45, 2.75) is 19.9 Å². The highest BCUT2D eigenvalue weighted by atomic mass is 32.1. The lowest BCUT2D eigenvalue weighted by Gasteiger charge is -2.30. The highest BCUT2D eigenvalue weighted by Gasteiger charge is 2.29. The van der Waals surface area contributed by atoms with Gasteiger partial charge in [-0.25, -0.2) is 0 Å². The van der Waals surface area contributed by atoms with Gasteiger partial charge in [0.15, 0.2) is 5.11 Å². The smallest absolute Gasteiger partial charge is 0.251 e. The summed E-state index contributed by atoms with van der Waals surface area (Å²) in [6.07, 6.45) is 0. The highest BCUT2D eigenvalue weighted by Crippen LogP contribution is 2.29. The van der Waals surface area contributed by atoms with E-state index in [0.29, 0.717) is 10.7 Å². The van der Waals surface area contributed by atoms with E-state index in [1.165, 1.54) is 0 Å². The van der Waals surface area contributed by atoms with Crippen LogP contribution in [0.15, 0.2) is 29.5 Å². The number of aryl methyl sites for hydroxylation is 1. The van der Waals surface area contributed by atoms with Gasteiger partial charge in [0, 0.05) is 12.7 Å². The topological polar surface area (TPSA) is 62.4 Å². The van der Waals surface area contributed by atoms with Gasteiger partial charge in [-0.15, -0.1) is 0 Å². The molecule has 2 rings (SSSR count). The molecule has 0 aliphatic carbocycles. The van der Waals surface area contributed by atoms with Gasteiger partial charge >= 0.3 is 0 Å². The maximum Gasteiger partial charge on any atom is 0.251 e. The Bertz CT molecular complexity index is 625. The van der Waals surface area contributed by atoms with Crippen LogP contribution in [0.3, 0.4) is 0 Å². The molecule has 21 heavy (non-hydrogen) atoms. The molecule has 5 nitrogen and oxygen atoms in total. The molecule has 1 aromatic rings. The van der Waals surface area contributed by atoms with Crippen molar-refractivity contribution in [2.24, 2.45) is 0 Å². The molecule has 1 amide bonds. The van der Waals surface area contributed by atoms with Crippen molar-refractivity contribution in [3.8, 4) is 5.75 Å². The minimum atomic E-state index is -0.275. The van der Waals surface area contributed by atoms with Crippen LogP contribution in [0.25, 0.3) is 0 Å². The Kier molecular flexibility index (Phi) is 4.47. The maximum absolute atomic E-state index is 12.2. The summed E-state index contributed by atoms with van der Waals surface area (Å²) < 4.78 is 5.28. The number of hydrogen-bond donors (Lipinski definition) is 3. The van der Waals surface area contributed by atoms with Gasteiger partial charge in [-0.1, -0.05) is 6.07 Å². The van der Waals surface area contributed by atoms with Crippen molar-refractivity contribution >= 4 is 23.2 Å². The number of rotatable bonds is 3. The van der Waals surface area contributed by atoms with E-state index < -0.39 is 0 Å². The van der Waals surface area contributed by atoms with Crippen LogP contribution in [-0.2, 0) is 4.79 Å². The summed E-state index contributed by atoms with van der Waals surface area (Å²) >= 11 is 5.20. The molecule has 0 saturated heterocycles. The zero-order valence-electron chi connectivity index (χ0n) is 12.5. The van der Waals surface area contributed by atoms with Crippen molar-refractivity contribution < 1.29 is 9.53 Å². The summed E-state index contributed by atoms with van der Waals surface area (Å²) in [6, 6.07) is 5.56. The Morgan fingerprint density at radius 2 is 2.10 bits per heavy atom. The summed E-state index contributed by atoms with van der Waals surface area (Å²) in [6.45, 7) is 3.82. The fourth-order valence-corrected chi connectivity index (χ4v) is 2.73. The third kappa shape index (κ3) is 3.00. The van der Waals surface area contributed by atoms with E-state index in [-0.39, 0.29) is 11.9 Å². The molecule has 0 bridgehead atoms. The number of hydrogen-bond acceptors (Lipinski definition) is 3. The SMILES string of the molecule is CNC(=O)C1=C(C)NC(=S)NC1c1ccc(OC)c(C)c1. The number of nitrogens with one attached hydrogen (secondary N) is 3. The van der Waals surface area contributed by atoms with Gasteiger partial charge in [0.25, 0.3) is 5.91 Å². The predicted molar refractivity (Wildman–Crippen MR) is 86.1 cm³/mol. The Balaban J connectivity index is 2.48. The summed E-state index contributed by atoms with van der Waals surface area (Å²) in [5.41, 5.74) is 3.37. The normalized spacial score (nSPS) is 17.9. The van der Waals surface area contributed by atoms with Crippen molar-refractivity contribution in [1.82, 2.24) is 16.0 Å². The number of methoxy groups -OCH3 is 1. The van der Waals surface area contributed by atoms with E-state index in [1.807, 2.05) is 32.0 Å². The molecule has 1 heterocycles. The van der Waals surface area contributed by atoms with Gasteiger partial charge in [-0.2, -0.15) is 0 Å². The van der Waals surface area contributed by atoms with E-state index in [1.54, 1.807) is 14.2 Å². The van der Waals surface area contributed by atoms with Gasteiger partial charge in [0.2, 0.25) is 0 Å². The van der Waals surface area contributed by atoms with E-state index in [2.05, 4.69) is 16.0 Å². The van der Waals surface area contributed by atoms with Crippen LogP contribution in [0.5, 0.6) is 5.75 Å². The van der Waals surface area contributed by atoms with Crippen LogP contribution in [0.2, 0.25) is 0 Å². The molecule has 1 aliphatic rings. The third-order valence-electron chi connectivity index (χ3n) is 3.49. The molecule has 0 aromatic heterocycles. The van der Waals surface area contributed by atoms with Crippen LogP contribution < -0.4 is 20.7 Å². The molecule has 3 N–H and O–H groups in total. The molecular weight excluding hydrogens is 286 g/mol. The van der Waals surface area contributed by atoms with E-state index in [9.17, 15) is 4.79 Å². The van der Waals surface area contributed by atoms with Crippen LogP contribution in [-0.4, -0.2) is 25.2 Å². The fourth-order valence-electron chi connectivity index (χ4n) is 2.46. The molecule has 6 heteroatoms. The van der Waals surface area contributed by atoms with Crippen molar-refractivity contribution in [3.63, 3.8) is 0 Å². The van der Waals surface area contributed by atoms with Crippen LogP contribution >= 0.6 is 12.2 Å². The van der Waals surface area contributed by atoms with Crippen molar-refractivity contribution in [2.75, 3.05) is 14.2 Å². The van der Waals surface area contributed by atoms with E-state index in [0.717, 1.165) is 22.6 Å². The largest absolute Gasteiger partial charge is 0.496 e. The first-order valence-electron chi connectivity index (χ1n) is 6.62. The average molecular weight is 305 g/mol. The molecule has 0 saturated carbocycles. The van der Waals surface area contributed by atoms with Gasteiger partial charge < -0.3 is 20.7 Å². The second kappa shape index (κ2) is 6.13. The number of allylic oxidation sites excluding steroid dienone is 1. The Labute approximate surface area is 129 Å². The first-order valence-corrected chi connectivity index (χ1v) is 7.03. The average Bonchev–Trinajstić information content (AvgIpc) is 2.45. The quantitative estimate of drug-likeness (QED) is 0.740. The summed E-state index contributed by atoms with van der Waals surface area (Å²) in [4.78, 5) is 12.2. The zero-order valence-corrected chi connectivity index (χ0v) is 13.4. The molecule has 0 radical (unpaired) electrons. The number of carbonyl (C=O) groups excluding carboxylic acids is 1. The van der Waals surface area contributed by atoms with Crippen LogP contribution in [0.4, 0.5) is 0 Å². The van der Waals surface area contributed by atoms with Gasteiger partial charge in [0.1, 0.15) is 5.75 Å². The van der Waals surface area contributed by atoms with Crippen molar-refractivity contribution in [1.29, 1.82) is 0 Å². The van der Waals surface area contributed by atoms with Crippen LogP contribution in [0.1, 0.15) is 24.1 Å². The first-order chi connectivity index (χ1) is 9.97. The van der Waals surface area contributed by atoms with Gasteiger partial charge in [-0.3, -0.25) is 4.79 Å². The molecule has 1 aliphatic heterocycles. The standard InChI is InChI=1S/C15H19N3O2S/c1-8-7-10(5-6-11(8)20-4)13-12(14(19)16-3)9(2)17-15(21)18-13/h5-7,13H,1-4H3,(H,16,19)(H2,17,18,21). The highest BCUT2D eigenvalue weighted by molar-refractivity contribution is 7.80. The molecule has 112 valence electrons. The van der Waals surface area contributed by atoms with Gasteiger partial charge in [0.05, 0.1) is 18.7 Å². The third-order valence-corrected chi connectivity index (χ3v) is 3.71. The van der Waals surface area contributed by atoms with Crippen LogP contribution in [0, 0.1) is 6.92 Å². The predicted octanol–water partition coefficient (Wildman–Crippen LogP) is 1.54. The lowest BCUT2D eigenvalue weighted by Crippen LogP contribution is -2.46. The number of ether oxygens (including phenoxy) is 1. The second-order valence-corrected chi connectivity index (χ2v) is 5.29. The van der Waals surface area contributed by atoms with E-state index in [4.69, 9.17) is 17.0 Å². The number of benzene rings is 1. The minimum Gasteiger partial charge on any atom is -0.496 e. The molecule has 1 atom stereocenters. The molecular formula is C15H19N3O2S. The summed E-state index contributed by atoms with van der Waals surface area (Å²) in [5.74, 6) is 0.686. The lowest BCUT2D eigenvalue weighted by molar-refractivity contribution is -0.117. The molecule has 1 aromatic carbocycles. The molecule has 1 unspecified atom stereocenters. The van der Waals surface area contributed by atoms with E-state index >= 15 is 0 Å². The Morgan fingerprint density at radius 1 is 1.38 bits per heavy atom. The molecule has 0 spiro atoms. The summed E-state index contributed by atoms with van der Waals surface area (Å²) in [7, 11) is 3.26. The maximum atomic E-state index is 12.2. The fraction of sp³-hybridized carbons (Fsp3) is 0.333. The number of likely N-dealkylation sites (N-methyl/N-ethyl adjacent to an activating group) is 1. The monoisotopic (exact) mass is 305 g/mol. The summed E-state index contributed by atoms with van der Waals surface area (Å²) in [5, 5.41) is 9.33. The molecule has 0 fully saturated rings.